The van der Waals surface area contributed by atoms with E-state index in [0.717, 1.165) is 6.26 Å². The van der Waals surface area contributed by atoms with Crippen molar-refractivity contribution in [3.63, 3.8) is 0 Å². The van der Waals surface area contributed by atoms with Crippen LogP contribution in [0.5, 0.6) is 0 Å². The third-order valence-electron chi connectivity index (χ3n) is 1.69. The van der Waals surface area contributed by atoms with Gasteiger partial charge in [-0.2, -0.15) is 0 Å². The minimum absolute atomic E-state index is 0.308. The number of carbonyl (C=O) groups is 2. The van der Waals surface area contributed by atoms with E-state index in [9.17, 15) is 9.59 Å². The predicted molar refractivity (Wildman–Crippen MR) is 64.4 cm³/mol. The van der Waals surface area contributed by atoms with E-state index in [4.69, 9.17) is 4.74 Å². The molecular weight excluding hydrogens is 222 g/mol. The van der Waals surface area contributed by atoms with E-state index >= 15 is 0 Å². The van der Waals surface area contributed by atoms with Crippen molar-refractivity contribution in [2.45, 2.75) is 45.6 Å². The molecule has 0 aliphatic rings. The summed E-state index contributed by atoms with van der Waals surface area (Å²) in [5, 5.41) is 2.61. The second kappa shape index (κ2) is 7.70. The second-order valence-corrected chi connectivity index (χ2v) is 4.54. The monoisotopic (exact) mass is 243 g/mol. The van der Waals surface area contributed by atoms with Crippen molar-refractivity contribution in [3.05, 3.63) is 12.8 Å². The van der Waals surface area contributed by atoms with Crippen LogP contribution in [0, 0.1) is 0 Å². The van der Waals surface area contributed by atoms with Gasteiger partial charge < -0.3 is 14.8 Å². The molecule has 0 aromatic carbocycles. The molecule has 5 heteroatoms. The van der Waals surface area contributed by atoms with Gasteiger partial charge in [0.2, 0.25) is 0 Å². The van der Waals surface area contributed by atoms with Crippen LogP contribution in [-0.2, 0) is 14.3 Å². The highest BCUT2D eigenvalue weighted by Crippen LogP contribution is 2.06. The average Bonchev–Trinajstić information content (AvgIpc) is 2.14. The fraction of sp³-hybridized carbons (Fsp3) is 0.667. The van der Waals surface area contributed by atoms with Crippen molar-refractivity contribution in [1.82, 2.24) is 5.32 Å². The molecule has 0 bridgehead atoms. The summed E-state index contributed by atoms with van der Waals surface area (Å²) in [6.45, 7) is 9.18. The van der Waals surface area contributed by atoms with Crippen LogP contribution in [0.25, 0.3) is 0 Å². The highest BCUT2D eigenvalue weighted by Gasteiger charge is 2.15. The lowest BCUT2D eigenvalue weighted by molar-refractivity contribution is -0.138. The summed E-state index contributed by atoms with van der Waals surface area (Å²) in [5.41, 5.74) is -0.488. The molecule has 0 heterocycles. The molecule has 0 aliphatic heterocycles. The van der Waals surface area contributed by atoms with E-state index < -0.39 is 11.7 Å². The summed E-state index contributed by atoms with van der Waals surface area (Å²) in [6, 6.07) is 0. The number of esters is 1. The fourth-order valence-electron chi connectivity index (χ4n) is 1.05. The minimum Gasteiger partial charge on any atom is -0.444 e. The summed E-state index contributed by atoms with van der Waals surface area (Å²) >= 11 is 0. The quantitative estimate of drug-likeness (QED) is 0.442. The van der Waals surface area contributed by atoms with Gasteiger partial charge in [0.1, 0.15) is 5.60 Å². The molecule has 17 heavy (non-hydrogen) atoms. The summed E-state index contributed by atoms with van der Waals surface area (Å²) in [5.74, 6) is -0.308. The summed E-state index contributed by atoms with van der Waals surface area (Å²) in [7, 11) is 0. The van der Waals surface area contributed by atoms with Crippen LogP contribution in [0.2, 0.25) is 0 Å². The Labute approximate surface area is 102 Å². The molecule has 0 aliphatic carbocycles. The zero-order chi connectivity index (χ0) is 13.3. The molecule has 1 amide bonds. The zero-order valence-corrected chi connectivity index (χ0v) is 10.7. The Morgan fingerprint density at radius 1 is 1.29 bits per heavy atom. The van der Waals surface area contributed by atoms with Gasteiger partial charge in [-0.15, -0.1) is 0 Å². The van der Waals surface area contributed by atoms with Crippen LogP contribution in [0.15, 0.2) is 12.8 Å². The molecule has 0 spiro atoms. The number of amides is 1. The normalized spacial score (nSPS) is 10.5. The van der Waals surface area contributed by atoms with E-state index in [2.05, 4.69) is 16.6 Å². The van der Waals surface area contributed by atoms with Gasteiger partial charge in [0.05, 0.1) is 6.26 Å². The van der Waals surface area contributed by atoms with Crippen molar-refractivity contribution in [2.24, 2.45) is 0 Å². The first-order valence-corrected chi connectivity index (χ1v) is 5.62. The van der Waals surface area contributed by atoms with E-state index in [1.165, 1.54) is 0 Å². The lowest BCUT2D eigenvalue weighted by Crippen LogP contribution is -2.33. The van der Waals surface area contributed by atoms with Gasteiger partial charge in [0.15, 0.2) is 0 Å². The van der Waals surface area contributed by atoms with Crippen LogP contribution in [0.4, 0.5) is 4.79 Å². The smallest absolute Gasteiger partial charge is 0.407 e. The van der Waals surface area contributed by atoms with Crippen molar-refractivity contribution < 1.29 is 19.1 Å². The number of hydrogen-bond donors (Lipinski definition) is 1. The average molecular weight is 243 g/mol. The van der Waals surface area contributed by atoms with Crippen molar-refractivity contribution in [1.29, 1.82) is 0 Å². The largest absolute Gasteiger partial charge is 0.444 e. The Kier molecular flexibility index (Phi) is 7.02. The Hall–Kier alpha value is -1.52. The number of carbonyl (C=O) groups excluding carboxylic acids is 2. The third-order valence-corrected chi connectivity index (χ3v) is 1.69. The van der Waals surface area contributed by atoms with Crippen LogP contribution < -0.4 is 5.32 Å². The van der Waals surface area contributed by atoms with Crippen LogP contribution >= 0.6 is 0 Å². The molecule has 1 N–H and O–H groups in total. The lowest BCUT2D eigenvalue weighted by atomic mass is 10.2. The summed E-state index contributed by atoms with van der Waals surface area (Å²) in [6.07, 6.45) is 2.35. The molecule has 0 fully saturated rings. The zero-order valence-electron chi connectivity index (χ0n) is 10.7. The molecule has 0 unspecified atom stereocenters. The molecule has 0 atom stereocenters. The number of unbranched alkanes of at least 4 members (excludes halogenated alkanes) is 1. The number of hydrogen-bond acceptors (Lipinski definition) is 4. The predicted octanol–water partition coefficient (Wildman–Crippen LogP) is 2.37. The lowest BCUT2D eigenvalue weighted by Gasteiger charge is -2.19. The standard InChI is InChI=1S/C12H21NO4/c1-5-16-10(14)8-6-7-9-13-11(15)17-12(2,3)4/h5H,1,6-9H2,2-4H3,(H,13,15). The Balaban J connectivity index is 3.49. The second-order valence-electron chi connectivity index (χ2n) is 4.54. The van der Waals surface area contributed by atoms with Crippen LogP contribution in [-0.4, -0.2) is 24.2 Å². The first-order chi connectivity index (χ1) is 7.85. The highest BCUT2D eigenvalue weighted by atomic mass is 16.6. The van der Waals surface area contributed by atoms with E-state index in [0.29, 0.717) is 25.8 Å². The van der Waals surface area contributed by atoms with Gasteiger partial charge in [-0.1, -0.05) is 6.58 Å². The molecule has 0 radical (unpaired) electrons. The van der Waals surface area contributed by atoms with Gasteiger partial charge in [0.25, 0.3) is 0 Å². The molecule has 0 aromatic heterocycles. The maximum absolute atomic E-state index is 11.2. The molecule has 0 saturated heterocycles. The summed E-state index contributed by atoms with van der Waals surface area (Å²) < 4.78 is 9.60. The molecule has 0 saturated carbocycles. The van der Waals surface area contributed by atoms with Gasteiger partial charge >= 0.3 is 12.1 Å². The van der Waals surface area contributed by atoms with Gasteiger partial charge in [-0.05, 0) is 33.6 Å². The first-order valence-electron chi connectivity index (χ1n) is 5.62. The maximum atomic E-state index is 11.2. The topological polar surface area (TPSA) is 64.6 Å². The van der Waals surface area contributed by atoms with Crippen molar-refractivity contribution >= 4 is 12.1 Å². The SMILES string of the molecule is C=COC(=O)CCCCNC(=O)OC(C)(C)C. The highest BCUT2D eigenvalue weighted by molar-refractivity contribution is 5.70. The molecule has 5 nitrogen and oxygen atoms in total. The molecule has 0 aromatic rings. The van der Waals surface area contributed by atoms with Crippen molar-refractivity contribution in [3.8, 4) is 0 Å². The molecule has 98 valence electrons. The maximum Gasteiger partial charge on any atom is 0.407 e. The number of nitrogens with one attached hydrogen (secondary N) is 1. The fourth-order valence-corrected chi connectivity index (χ4v) is 1.05. The van der Waals surface area contributed by atoms with E-state index in [-0.39, 0.29) is 5.97 Å². The van der Waals surface area contributed by atoms with E-state index in [1.807, 2.05) is 0 Å². The Morgan fingerprint density at radius 3 is 2.47 bits per heavy atom. The van der Waals surface area contributed by atoms with Crippen LogP contribution in [0.3, 0.4) is 0 Å². The number of alkyl carbamates (subject to hydrolysis) is 1. The van der Waals surface area contributed by atoms with Crippen LogP contribution in [0.1, 0.15) is 40.0 Å². The van der Waals surface area contributed by atoms with Gasteiger partial charge in [-0.25, -0.2) is 4.79 Å². The van der Waals surface area contributed by atoms with Crippen molar-refractivity contribution in [2.75, 3.05) is 6.54 Å². The number of ether oxygens (including phenoxy) is 2. The van der Waals surface area contributed by atoms with Gasteiger partial charge in [-0.3, -0.25) is 4.79 Å². The minimum atomic E-state index is -0.488. The number of rotatable bonds is 6. The van der Waals surface area contributed by atoms with E-state index in [1.54, 1.807) is 20.8 Å². The van der Waals surface area contributed by atoms with Gasteiger partial charge in [0, 0.05) is 13.0 Å². The molecular formula is C12H21NO4. The molecule has 0 rings (SSSR count). The third kappa shape index (κ3) is 10.8. The Bertz CT molecular complexity index is 268. The summed E-state index contributed by atoms with van der Waals surface area (Å²) in [4.78, 5) is 22.1. The first kappa shape index (κ1) is 15.5. The Morgan fingerprint density at radius 2 is 1.94 bits per heavy atom.